The standard InChI is InChI=1S/C25H24Cl2N2O3S/c1-4-20(30)11-5-15(2)23(31)22-14-33-25(28-22)29(19-9-6-17(26)7-10-19)24(32)21-12-8-18(27)13-16(21)3/h6-10,12-14,20,30H,2,4-5,11H2,1,3H3. The molecule has 1 unspecified atom stereocenters. The van der Waals surface area contributed by atoms with Crippen molar-refractivity contribution >= 4 is 57.0 Å². The van der Waals surface area contributed by atoms with Crippen LogP contribution in [0.3, 0.4) is 0 Å². The number of Topliss-reactive ketones (excluding diaryl/α,β-unsaturated/α-hetero) is 1. The molecule has 1 aromatic heterocycles. The first-order chi connectivity index (χ1) is 15.7. The van der Waals surface area contributed by atoms with E-state index >= 15 is 0 Å². The molecule has 1 amide bonds. The number of anilines is 2. The van der Waals surface area contributed by atoms with Gasteiger partial charge in [-0.3, -0.25) is 14.5 Å². The lowest BCUT2D eigenvalue weighted by atomic mass is 10.0. The highest BCUT2D eigenvalue weighted by Crippen LogP contribution is 2.33. The number of carbonyl (C=O) groups is 2. The molecule has 3 rings (SSSR count). The van der Waals surface area contributed by atoms with E-state index in [1.54, 1.807) is 47.8 Å². The van der Waals surface area contributed by atoms with Gasteiger partial charge in [0.1, 0.15) is 5.69 Å². The Hall–Kier alpha value is -2.51. The van der Waals surface area contributed by atoms with Crippen molar-refractivity contribution < 1.29 is 14.7 Å². The van der Waals surface area contributed by atoms with Crippen molar-refractivity contribution in [3.63, 3.8) is 0 Å². The van der Waals surface area contributed by atoms with Gasteiger partial charge in [-0.1, -0.05) is 36.7 Å². The van der Waals surface area contributed by atoms with Gasteiger partial charge in [0.2, 0.25) is 5.78 Å². The average Bonchev–Trinajstić information content (AvgIpc) is 3.27. The predicted octanol–water partition coefficient (Wildman–Crippen LogP) is 7.03. The number of allylic oxidation sites excluding steroid dienone is 1. The van der Waals surface area contributed by atoms with E-state index in [-0.39, 0.29) is 17.4 Å². The van der Waals surface area contributed by atoms with Gasteiger partial charge in [0.15, 0.2) is 5.13 Å². The molecule has 0 saturated carbocycles. The van der Waals surface area contributed by atoms with Crippen LogP contribution in [0.2, 0.25) is 10.0 Å². The Morgan fingerprint density at radius 2 is 1.82 bits per heavy atom. The fraction of sp³-hybridized carbons (Fsp3) is 0.240. The van der Waals surface area contributed by atoms with Crippen LogP contribution < -0.4 is 4.90 Å². The van der Waals surface area contributed by atoms with Crippen molar-refractivity contribution in [3.8, 4) is 0 Å². The molecule has 0 fully saturated rings. The molecule has 0 spiro atoms. The number of hydrogen-bond acceptors (Lipinski definition) is 5. The van der Waals surface area contributed by atoms with Crippen LogP contribution >= 0.6 is 34.5 Å². The molecule has 0 aliphatic carbocycles. The Morgan fingerprint density at radius 1 is 1.15 bits per heavy atom. The maximum absolute atomic E-state index is 13.6. The summed E-state index contributed by atoms with van der Waals surface area (Å²) in [5.41, 5.74) is 2.34. The van der Waals surface area contributed by atoms with E-state index in [4.69, 9.17) is 23.2 Å². The number of amides is 1. The van der Waals surface area contributed by atoms with Crippen molar-refractivity contribution in [1.29, 1.82) is 0 Å². The summed E-state index contributed by atoms with van der Waals surface area (Å²) >= 11 is 13.3. The van der Waals surface area contributed by atoms with E-state index in [1.807, 2.05) is 13.8 Å². The molecule has 0 aliphatic rings. The van der Waals surface area contributed by atoms with Gasteiger partial charge in [0, 0.05) is 21.0 Å². The second-order valence-corrected chi connectivity index (χ2v) is 9.33. The summed E-state index contributed by atoms with van der Waals surface area (Å²) in [5, 5.41) is 12.8. The Morgan fingerprint density at radius 3 is 2.45 bits per heavy atom. The van der Waals surface area contributed by atoms with Crippen LogP contribution in [0.5, 0.6) is 0 Å². The topological polar surface area (TPSA) is 70.5 Å². The second-order valence-electron chi connectivity index (χ2n) is 7.62. The van der Waals surface area contributed by atoms with Crippen molar-refractivity contribution in [2.75, 3.05) is 4.90 Å². The van der Waals surface area contributed by atoms with E-state index < -0.39 is 6.10 Å². The number of aromatic nitrogens is 1. The van der Waals surface area contributed by atoms with E-state index in [2.05, 4.69) is 11.6 Å². The van der Waals surface area contributed by atoms with Crippen LogP contribution in [-0.2, 0) is 0 Å². The highest BCUT2D eigenvalue weighted by molar-refractivity contribution is 7.14. The van der Waals surface area contributed by atoms with Crippen molar-refractivity contribution in [2.45, 2.75) is 39.2 Å². The number of benzene rings is 2. The molecular formula is C25H24Cl2N2O3S. The quantitative estimate of drug-likeness (QED) is 0.252. The highest BCUT2D eigenvalue weighted by atomic mass is 35.5. The number of aliphatic hydroxyl groups excluding tert-OH is 1. The van der Waals surface area contributed by atoms with E-state index in [0.717, 1.165) is 5.56 Å². The third-order valence-corrected chi connectivity index (χ3v) is 6.51. The Balaban J connectivity index is 1.94. The van der Waals surface area contributed by atoms with Crippen molar-refractivity contribution in [1.82, 2.24) is 4.98 Å². The SMILES string of the molecule is C=C(CCC(O)CC)C(=O)c1csc(N(C(=O)c2ccc(Cl)cc2C)c2ccc(Cl)cc2)n1. The molecule has 1 atom stereocenters. The first-order valence-corrected chi connectivity index (χ1v) is 12.1. The maximum Gasteiger partial charge on any atom is 0.264 e. The second kappa shape index (κ2) is 11.1. The summed E-state index contributed by atoms with van der Waals surface area (Å²) in [4.78, 5) is 32.3. The number of nitrogens with zero attached hydrogens (tertiary/aromatic N) is 2. The van der Waals surface area contributed by atoms with Crippen molar-refractivity contribution in [2.24, 2.45) is 0 Å². The van der Waals surface area contributed by atoms with Gasteiger partial charge in [-0.2, -0.15) is 0 Å². The molecule has 172 valence electrons. The minimum atomic E-state index is -0.471. The predicted molar refractivity (Wildman–Crippen MR) is 135 cm³/mol. The summed E-state index contributed by atoms with van der Waals surface area (Å²) in [6.07, 6.45) is 0.986. The van der Waals surface area contributed by atoms with Crippen LogP contribution in [0, 0.1) is 6.92 Å². The van der Waals surface area contributed by atoms with Gasteiger partial charge in [-0.25, -0.2) is 4.98 Å². The van der Waals surface area contributed by atoms with Crippen LogP contribution in [0.25, 0.3) is 0 Å². The minimum absolute atomic E-state index is 0.213. The highest BCUT2D eigenvalue weighted by Gasteiger charge is 2.26. The van der Waals surface area contributed by atoms with Crippen LogP contribution in [-0.4, -0.2) is 27.9 Å². The number of halogens is 2. The van der Waals surface area contributed by atoms with E-state index in [0.29, 0.717) is 51.3 Å². The summed E-state index contributed by atoms with van der Waals surface area (Å²) in [6.45, 7) is 7.55. The summed E-state index contributed by atoms with van der Waals surface area (Å²) < 4.78 is 0. The molecule has 0 aliphatic heterocycles. The number of rotatable bonds is 9. The zero-order chi connectivity index (χ0) is 24.1. The van der Waals surface area contributed by atoms with Crippen molar-refractivity contribution in [3.05, 3.63) is 86.9 Å². The molecule has 0 saturated heterocycles. The van der Waals surface area contributed by atoms with Gasteiger partial charge >= 0.3 is 0 Å². The summed E-state index contributed by atoms with van der Waals surface area (Å²) in [5.74, 6) is -0.600. The normalized spacial score (nSPS) is 11.8. The van der Waals surface area contributed by atoms with Crippen LogP contribution in [0.1, 0.15) is 52.6 Å². The zero-order valence-electron chi connectivity index (χ0n) is 18.3. The average molecular weight is 503 g/mol. The molecule has 0 radical (unpaired) electrons. The molecule has 0 bridgehead atoms. The molecular weight excluding hydrogens is 479 g/mol. The third-order valence-electron chi connectivity index (χ3n) is 5.19. The Labute approximate surface area is 207 Å². The fourth-order valence-corrected chi connectivity index (χ4v) is 4.38. The van der Waals surface area contributed by atoms with Gasteiger partial charge < -0.3 is 5.11 Å². The lowest BCUT2D eigenvalue weighted by molar-refractivity contribution is 0.0993. The van der Waals surface area contributed by atoms with Gasteiger partial charge in [-0.05, 0) is 79.8 Å². The maximum atomic E-state index is 13.6. The first-order valence-electron chi connectivity index (χ1n) is 10.4. The summed E-state index contributed by atoms with van der Waals surface area (Å²) in [6, 6.07) is 11.9. The molecule has 33 heavy (non-hydrogen) atoms. The molecule has 3 aromatic rings. The first kappa shape index (κ1) is 25.1. The van der Waals surface area contributed by atoms with Gasteiger partial charge in [0.05, 0.1) is 11.8 Å². The Bertz CT molecular complexity index is 1170. The number of ketones is 1. The van der Waals surface area contributed by atoms with Crippen LogP contribution in [0.4, 0.5) is 10.8 Å². The number of carbonyl (C=O) groups excluding carboxylic acids is 2. The van der Waals surface area contributed by atoms with Crippen LogP contribution in [0.15, 0.2) is 60.0 Å². The molecule has 2 aromatic carbocycles. The number of aryl methyl sites for hydroxylation is 1. The largest absolute Gasteiger partial charge is 0.393 e. The molecule has 8 heteroatoms. The monoisotopic (exact) mass is 502 g/mol. The smallest absolute Gasteiger partial charge is 0.264 e. The van der Waals surface area contributed by atoms with Gasteiger partial charge in [0.25, 0.3) is 5.91 Å². The van der Waals surface area contributed by atoms with Gasteiger partial charge in [-0.15, -0.1) is 11.3 Å². The molecule has 1 heterocycles. The number of aliphatic hydroxyl groups is 1. The zero-order valence-corrected chi connectivity index (χ0v) is 20.7. The lowest BCUT2D eigenvalue weighted by Crippen LogP contribution is -2.26. The number of thiazole rings is 1. The molecule has 5 nitrogen and oxygen atoms in total. The molecule has 1 N–H and O–H groups in total. The third kappa shape index (κ3) is 6.09. The fourth-order valence-electron chi connectivity index (χ4n) is 3.20. The minimum Gasteiger partial charge on any atom is -0.393 e. The Kier molecular flexibility index (Phi) is 8.43. The number of hydrogen-bond donors (Lipinski definition) is 1. The van der Waals surface area contributed by atoms with E-state index in [1.165, 1.54) is 16.2 Å². The lowest BCUT2D eigenvalue weighted by Gasteiger charge is -2.21. The van der Waals surface area contributed by atoms with E-state index in [9.17, 15) is 14.7 Å². The summed E-state index contributed by atoms with van der Waals surface area (Å²) in [7, 11) is 0.